The van der Waals surface area contributed by atoms with Crippen molar-refractivity contribution in [2.45, 2.75) is 6.92 Å². The molecule has 2 aromatic heterocycles. The van der Waals surface area contributed by atoms with Crippen LogP contribution in [0.25, 0.3) is 16.7 Å². The summed E-state index contributed by atoms with van der Waals surface area (Å²) in [4.78, 5) is 18.8. The highest BCUT2D eigenvalue weighted by Crippen LogP contribution is 2.21. The highest BCUT2D eigenvalue weighted by molar-refractivity contribution is 5.89. The summed E-state index contributed by atoms with van der Waals surface area (Å²) in [5.74, 6) is -0.959. The van der Waals surface area contributed by atoms with Crippen LogP contribution in [0.3, 0.4) is 0 Å². The van der Waals surface area contributed by atoms with Crippen molar-refractivity contribution in [2.75, 3.05) is 0 Å². The smallest absolute Gasteiger partial charge is 0.328 e. The second kappa shape index (κ2) is 5.23. The average molecular weight is 240 g/mol. The van der Waals surface area contributed by atoms with E-state index in [0.29, 0.717) is 5.57 Å². The summed E-state index contributed by atoms with van der Waals surface area (Å²) in [7, 11) is 0. The van der Waals surface area contributed by atoms with Gasteiger partial charge in [-0.1, -0.05) is 6.07 Å². The molecule has 2 rings (SSSR count). The van der Waals surface area contributed by atoms with Crippen LogP contribution in [0.2, 0.25) is 0 Å². The van der Waals surface area contributed by atoms with E-state index in [1.54, 1.807) is 31.7 Å². The zero-order chi connectivity index (χ0) is 13.0. The van der Waals surface area contributed by atoms with Gasteiger partial charge in [-0.3, -0.25) is 9.97 Å². The summed E-state index contributed by atoms with van der Waals surface area (Å²) >= 11 is 0. The molecule has 0 spiro atoms. The van der Waals surface area contributed by atoms with Gasteiger partial charge in [0.2, 0.25) is 0 Å². The van der Waals surface area contributed by atoms with Gasteiger partial charge >= 0.3 is 5.97 Å². The van der Waals surface area contributed by atoms with Crippen LogP contribution in [0.1, 0.15) is 12.5 Å². The summed E-state index contributed by atoms with van der Waals surface area (Å²) in [6, 6.07) is 5.69. The van der Waals surface area contributed by atoms with Crippen molar-refractivity contribution >= 4 is 11.5 Å². The van der Waals surface area contributed by atoms with E-state index < -0.39 is 5.97 Å². The summed E-state index contributed by atoms with van der Waals surface area (Å²) in [5, 5.41) is 8.72. The number of pyridine rings is 2. The topological polar surface area (TPSA) is 63.1 Å². The lowest BCUT2D eigenvalue weighted by molar-refractivity contribution is -0.131. The quantitative estimate of drug-likeness (QED) is 0.838. The number of hydrogen-bond acceptors (Lipinski definition) is 3. The van der Waals surface area contributed by atoms with E-state index in [2.05, 4.69) is 9.97 Å². The first-order chi connectivity index (χ1) is 8.66. The van der Waals surface area contributed by atoms with E-state index in [-0.39, 0.29) is 0 Å². The van der Waals surface area contributed by atoms with E-state index in [9.17, 15) is 4.79 Å². The largest absolute Gasteiger partial charge is 0.478 e. The molecule has 0 fully saturated rings. The Balaban J connectivity index is 2.40. The molecule has 0 bridgehead atoms. The van der Waals surface area contributed by atoms with E-state index in [4.69, 9.17) is 5.11 Å². The van der Waals surface area contributed by atoms with Gasteiger partial charge in [0.15, 0.2) is 0 Å². The normalized spacial score (nSPS) is 11.3. The minimum Gasteiger partial charge on any atom is -0.478 e. The number of carboxylic acid groups (broad SMARTS) is 1. The summed E-state index contributed by atoms with van der Waals surface area (Å²) in [5.41, 5.74) is 3.33. The van der Waals surface area contributed by atoms with Crippen LogP contribution in [0, 0.1) is 0 Å². The van der Waals surface area contributed by atoms with Crippen LogP contribution in [-0.2, 0) is 4.79 Å². The lowest BCUT2D eigenvalue weighted by atomic mass is 10.0. The number of aliphatic carboxylic acids is 1. The third-order valence-corrected chi connectivity index (χ3v) is 2.53. The Morgan fingerprint density at radius 3 is 2.67 bits per heavy atom. The Labute approximate surface area is 105 Å². The van der Waals surface area contributed by atoms with Crippen LogP contribution in [0.15, 0.2) is 49.1 Å². The van der Waals surface area contributed by atoms with Crippen molar-refractivity contribution in [3.05, 3.63) is 54.6 Å². The predicted octanol–water partition coefficient (Wildman–Crippen LogP) is 2.63. The van der Waals surface area contributed by atoms with Crippen molar-refractivity contribution < 1.29 is 9.90 Å². The van der Waals surface area contributed by atoms with Crippen molar-refractivity contribution in [3.8, 4) is 11.1 Å². The SMILES string of the molecule is C/C(=C\C(=O)O)c1cncc(-c2cccnc2)c1. The first-order valence-electron chi connectivity index (χ1n) is 5.44. The first-order valence-corrected chi connectivity index (χ1v) is 5.44. The van der Waals surface area contributed by atoms with Gasteiger partial charge in [0.1, 0.15) is 0 Å². The molecule has 0 amide bonds. The lowest BCUT2D eigenvalue weighted by Crippen LogP contribution is -1.91. The maximum absolute atomic E-state index is 10.6. The van der Waals surface area contributed by atoms with E-state index in [1.807, 2.05) is 18.2 Å². The maximum Gasteiger partial charge on any atom is 0.328 e. The van der Waals surface area contributed by atoms with Gasteiger partial charge in [0.05, 0.1) is 0 Å². The van der Waals surface area contributed by atoms with Gasteiger partial charge in [-0.15, -0.1) is 0 Å². The minimum absolute atomic E-state index is 0.667. The van der Waals surface area contributed by atoms with Gasteiger partial charge in [0, 0.05) is 42.0 Å². The molecule has 0 aliphatic heterocycles. The van der Waals surface area contributed by atoms with Crippen LogP contribution in [0.4, 0.5) is 0 Å². The standard InChI is InChI=1S/C14H12N2O2/c1-10(5-14(17)18)12-6-13(9-16-8-12)11-3-2-4-15-7-11/h2-9H,1H3,(H,17,18)/b10-5+. The van der Waals surface area contributed by atoms with Crippen molar-refractivity contribution in [3.63, 3.8) is 0 Å². The molecule has 0 aliphatic rings. The third kappa shape index (κ3) is 2.79. The van der Waals surface area contributed by atoms with Gasteiger partial charge in [-0.25, -0.2) is 4.79 Å². The fraction of sp³-hybridized carbons (Fsp3) is 0.0714. The number of rotatable bonds is 3. The number of hydrogen-bond donors (Lipinski definition) is 1. The average Bonchev–Trinajstić information content (AvgIpc) is 2.39. The molecule has 0 aromatic carbocycles. The first kappa shape index (κ1) is 12.0. The number of nitrogens with zero attached hydrogens (tertiary/aromatic N) is 2. The van der Waals surface area contributed by atoms with Crippen molar-refractivity contribution in [2.24, 2.45) is 0 Å². The predicted molar refractivity (Wildman–Crippen MR) is 68.8 cm³/mol. The van der Waals surface area contributed by atoms with Crippen LogP contribution < -0.4 is 0 Å². The van der Waals surface area contributed by atoms with Crippen LogP contribution in [0.5, 0.6) is 0 Å². The molecule has 0 aliphatic carbocycles. The summed E-state index contributed by atoms with van der Waals surface area (Å²) in [6.45, 7) is 1.75. The fourth-order valence-corrected chi connectivity index (χ4v) is 1.62. The third-order valence-electron chi connectivity index (χ3n) is 2.53. The van der Waals surface area contributed by atoms with Crippen molar-refractivity contribution in [1.29, 1.82) is 0 Å². The lowest BCUT2D eigenvalue weighted by Gasteiger charge is -2.04. The summed E-state index contributed by atoms with van der Waals surface area (Å²) in [6.07, 6.45) is 8.00. The van der Waals surface area contributed by atoms with Gasteiger partial charge < -0.3 is 5.11 Å². The van der Waals surface area contributed by atoms with Gasteiger partial charge in [-0.05, 0) is 30.2 Å². The molecule has 0 saturated heterocycles. The maximum atomic E-state index is 10.6. The Hall–Kier alpha value is -2.49. The van der Waals surface area contributed by atoms with Crippen LogP contribution in [-0.4, -0.2) is 21.0 Å². The molecule has 0 radical (unpaired) electrons. The molecule has 90 valence electrons. The fourth-order valence-electron chi connectivity index (χ4n) is 1.62. The molecule has 4 heteroatoms. The molecule has 0 saturated carbocycles. The second-order valence-electron chi connectivity index (χ2n) is 3.87. The highest BCUT2D eigenvalue weighted by Gasteiger charge is 2.03. The number of allylic oxidation sites excluding steroid dienone is 1. The number of aromatic nitrogens is 2. The Morgan fingerprint density at radius 1 is 1.22 bits per heavy atom. The molecular formula is C14H12N2O2. The zero-order valence-electron chi connectivity index (χ0n) is 9.87. The van der Waals surface area contributed by atoms with Gasteiger partial charge in [-0.2, -0.15) is 0 Å². The molecule has 1 N–H and O–H groups in total. The number of carbonyl (C=O) groups is 1. The van der Waals surface area contributed by atoms with Crippen molar-refractivity contribution in [1.82, 2.24) is 9.97 Å². The molecule has 0 atom stereocenters. The highest BCUT2D eigenvalue weighted by atomic mass is 16.4. The molecule has 0 unspecified atom stereocenters. The molecule has 18 heavy (non-hydrogen) atoms. The van der Waals surface area contributed by atoms with E-state index >= 15 is 0 Å². The van der Waals surface area contributed by atoms with E-state index in [0.717, 1.165) is 16.7 Å². The van der Waals surface area contributed by atoms with E-state index in [1.165, 1.54) is 6.08 Å². The molecule has 2 heterocycles. The second-order valence-corrected chi connectivity index (χ2v) is 3.87. The summed E-state index contributed by atoms with van der Waals surface area (Å²) < 4.78 is 0. The number of carboxylic acids is 1. The van der Waals surface area contributed by atoms with Gasteiger partial charge in [0.25, 0.3) is 0 Å². The van der Waals surface area contributed by atoms with Crippen LogP contribution >= 0.6 is 0 Å². The molecular weight excluding hydrogens is 228 g/mol. The Kier molecular flexibility index (Phi) is 3.48. The Morgan fingerprint density at radius 2 is 2.00 bits per heavy atom. The zero-order valence-corrected chi connectivity index (χ0v) is 9.87. The minimum atomic E-state index is -0.959. The Bertz CT molecular complexity index is 592. The molecule has 4 nitrogen and oxygen atoms in total. The molecule has 2 aromatic rings. The monoisotopic (exact) mass is 240 g/mol.